The summed E-state index contributed by atoms with van der Waals surface area (Å²) in [6.45, 7) is -0.0944. The van der Waals surface area contributed by atoms with Crippen LogP contribution in [0.5, 0.6) is 5.75 Å². The Hall–Kier alpha value is -1.26. The van der Waals surface area contributed by atoms with E-state index in [1.807, 2.05) is 17.5 Å². The standard InChI is InChI=1S/C10H11NO2S/c1-13-9-7(5-12)8(11)4-6-2-3-14-10(6)9/h2-4,12H,5,11H2,1H3. The van der Waals surface area contributed by atoms with E-state index in [2.05, 4.69) is 0 Å². The molecule has 0 amide bonds. The van der Waals surface area contributed by atoms with Crippen LogP contribution in [0, 0.1) is 0 Å². The van der Waals surface area contributed by atoms with Crippen molar-refractivity contribution in [3.05, 3.63) is 23.1 Å². The van der Waals surface area contributed by atoms with E-state index in [1.54, 1.807) is 18.4 Å². The number of anilines is 1. The molecule has 0 saturated heterocycles. The number of nitrogens with two attached hydrogens (primary N) is 1. The van der Waals surface area contributed by atoms with Crippen LogP contribution in [-0.2, 0) is 6.61 Å². The molecule has 0 unspecified atom stereocenters. The van der Waals surface area contributed by atoms with Crippen molar-refractivity contribution in [3.8, 4) is 5.75 Å². The van der Waals surface area contributed by atoms with Crippen LogP contribution in [-0.4, -0.2) is 12.2 Å². The molecule has 0 aliphatic heterocycles. The summed E-state index contributed by atoms with van der Waals surface area (Å²) in [4.78, 5) is 0. The summed E-state index contributed by atoms with van der Waals surface area (Å²) >= 11 is 1.59. The van der Waals surface area contributed by atoms with Crippen molar-refractivity contribution >= 4 is 27.1 Å². The second-order valence-corrected chi connectivity index (χ2v) is 3.89. The number of aliphatic hydroxyl groups is 1. The molecule has 0 aliphatic carbocycles. The molecule has 3 N–H and O–H groups in total. The quantitative estimate of drug-likeness (QED) is 0.744. The lowest BCUT2D eigenvalue weighted by atomic mass is 10.1. The van der Waals surface area contributed by atoms with Crippen LogP contribution < -0.4 is 10.5 Å². The Morgan fingerprint density at radius 2 is 2.36 bits per heavy atom. The van der Waals surface area contributed by atoms with E-state index in [0.29, 0.717) is 17.0 Å². The molecule has 0 spiro atoms. The van der Waals surface area contributed by atoms with Crippen molar-refractivity contribution in [2.45, 2.75) is 6.61 Å². The van der Waals surface area contributed by atoms with Gasteiger partial charge < -0.3 is 15.6 Å². The molecule has 14 heavy (non-hydrogen) atoms. The molecular weight excluding hydrogens is 198 g/mol. The molecule has 2 aromatic rings. The number of hydrogen-bond donors (Lipinski definition) is 2. The summed E-state index contributed by atoms with van der Waals surface area (Å²) in [7, 11) is 1.59. The number of thiophene rings is 1. The Bertz CT molecular complexity index is 464. The number of benzene rings is 1. The Morgan fingerprint density at radius 3 is 3.00 bits per heavy atom. The van der Waals surface area contributed by atoms with Gasteiger partial charge in [0.25, 0.3) is 0 Å². The van der Waals surface area contributed by atoms with E-state index in [1.165, 1.54) is 0 Å². The molecule has 1 heterocycles. The highest BCUT2D eigenvalue weighted by Gasteiger charge is 2.12. The second kappa shape index (κ2) is 3.48. The molecule has 0 radical (unpaired) electrons. The third kappa shape index (κ3) is 1.23. The fourth-order valence-electron chi connectivity index (χ4n) is 1.52. The van der Waals surface area contributed by atoms with Gasteiger partial charge in [-0.2, -0.15) is 0 Å². The van der Waals surface area contributed by atoms with E-state index >= 15 is 0 Å². The lowest BCUT2D eigenvalue weighted by Gasteiger charge is -2.10. The maximum Gasteiger partial charge on any atom is 0.144 e. The molecule has 0 aliphatic rings. The van der Waals surface area contributed by atoms with Crippen molar-refractivity contribution in [1.82, 2.24) is 0 Å². The van der Waals surface area contributed by atoms with Gasteiger partial charge in [0.1, 0.15) is 5.75 Å². The molecule has 1 aromatic heterocycles. The number of fused-ring (bicyclic) bond motifs is 1. The topological polar surface area (TPSA) is 55.5 Å². The summed E-state index contributed by atoms with van der Waals surface area (Å²) in [6, 6.07) is 3.85. The van der Waals surface area contributed by atoms with E-state index in [0.717, 1.165) is 10.1 Å². The average Bonchev–Trinajstić information content (AvgIpc) is 2.62. The van der Waals surface area contributed by atoms with Gasteiger partial charge in [-0.15, -0.1) is 11.3 Å². The molecule has 1 aromatic carbocycles. The van der Waals surface area contributed by atoms with Crippen LogP contribution >= 0.6 is 11.3 Å². The van der Waals surface area contributed by atoms with E-state index < -0.39 is 0 Å². The van der Waals surface area contributed by atoms with Gasteiger partial charge >= 0.3 is 0 Å². The summed E-state index contributed by atoms with van der Waals surface area (Å²) in [5.41, 5.74) is 7.05. The second-order valence-electron chi connectivity index (χ2n) is 2.97. The van der Waals surface area contributed by atoms with Gasteiger partial charge in [0.15, 0.2) is 0 Å². The third-order valence-electron chi connectivity index (χ3n) is 2.20. The summed E-state index contributed by atoms with van der Waals surface area (Å²) in [5.74, 6) is 0.692. The minimum Gasteiger partial charge on any atom is -0.495 e. The van der Waals surface area contributed by atoms with E-state index in [9.17, 15) is 5.11 Å². The summed E-state index contributed by atoms with van der Waals surface area (Å²) < 4.78 is 6.29. The molecular formula is C10H11NO2S. The first-order chi connectivity index (χ1) is 6.77. The number of aliphatic hydroxyl groups excluding tert-OH is 1. The van der Waals surface area contributed by atoms with Crippen molar-refractivity contribution in [2.75, 3.05) is 12.8 Å². The first-order valence-electron chi connectivity index (χ1n) is 4.21. The van der Waals surface area contributed by atoms with Gasteiger partial charge in [0.05, 0.1) is 18.4 Å². The summed E-state index contributed by atoms with van der Waals surface area (Å²) in [6.07, 6.45) is 0. The van der Waals surface area contributed by atoms with E-state index in [-0.39, 0.29) is 6.61 Å². The zero-order valence-electron chi connectivity index (χ0n) is 7.78. The maximum atomic E-state index is 9.17. The minimum atomic E-state index is -0.0944. The molecule has 74 valence electrons. The highest BCUT2D eigenvalue weighted by atomic mass is 32.1. The number of rotatable bonds is 2. The van der Waals surface area contributed by atoms with Crippen LogP contribution in [0.4, 0.5) is 5.69 Å². The van der Waals surface area contributed by atoms with Gasteiger partial charge in [-0.05, 0) is 22.9 Å². The molecule has 0 atom stereocenters. The predicted octanol–water partition coefficient (Wildman–Crippen LogP) is 1.98. The molecule has 4 heteroatoms. The molecule has 0 saturated carbocycles. The van der Waals surface area contributed by atoms with Gasteiger partial charge in [0.2, 0.25) is 0 Å². The number of methoxy groups -OCH3 is 1. The Kier molecular flexibility index (Phi) is 2.31. The fraction of sp³-hybridized carbons (Fsp3) is 0.200. The van der Waals surface area contributed by atoms with Crippen LogP contribution in [0.2, 0.25) is 0 Å². The number of hydrogen-bond acceptors (Lipinski definition) is 4. The Balaban J connectivity index is 2.82. The fourth-order valence-corrected chi connectivity index (χ4v) is 2.45. The average molecular weight is 209 g/mol. The van der Waals surface area contributed by atoms with Crippen molar-refractivity contribution in [2.24, 2.45) is 0 Å². The predicted molar refractivity (Wildman–Crippen MR) is 58.7 cm³/mol. The summed E-state index contributed by atoms with van der Waals surface area (Å²) in [5, 5.41) is 12.2. The zero-order valence-corrected chi connectivity index (χ0v) is 8.60. The Labute approximate surface area is 85.7 Å². The molecule has 2 rings (SSSR count). The van der Waals surface area contributed by atoms with Crippen LogP contribution in [0.3, 0.4) is 0 Å². The van der Waals surface area contributed by atoms with Gasteiger partial charge in [-0.1, -0.05) is 0 Å². The van der Waals surface area contributed by atoms with Gasteiger partial charge in [-0.25, -0.2) is 0 Å². The SMILES string of the molecule is COc1c(CO)c(N)cc2ccsc12. The first-order valence-corrected chi connectivity index (χ1v) is 5.09. The van der Waals surface area contributed by atoms with Crippen LogP contribution in [0.25, 0.3) is 10.1 Å². The van der Waals surface area contributed by atoms with Crippen molar-refractivity contribution in [3.63, 3.8) is 0 Å². The largest absolute Gasteiger partial charge is 0.495 e. The highest BCUT2D eigenvalue weighted by Crippen LogP contribution is 2.37. The lowest BCUT2D eigenvalue weighted by Crippen LogP contribution is -1.98. The highest BCUT2D eigenvalue weighted by molar-refractivity contribution is 7.17. The molecule has 0 bridgehead atoms. The smallest absolute Gasteiger partial charge is 0.144 e. The number of nitrogen functional groups attached to an aromatic ring is 1. The first kappa shape index (κ1) is 9.30. The van der Waals surface area contributed by atoms with Crippen LogP contribution in [0.1, 0.15) is 5.56 Å². The molecule has 3 nitrogen and oxygen atoms in total. The maximum absolute atomic E-state index is 9.17. The molecule has 0 fully saturated rings. The Morgan fingerprint density at radius 1 is 1.57 bits per heavy atom. The van der Waals surface area contributed by atoms with Crippen LogP contribution in [0.15, 0.2) is 17.5 Å². The lowest BCUT2D eigenvalue weighted by molar-refractivity contribution is 0.275. The van der Waals surface area contributed by atoms with Crippen molar-refractivity contribution < 1.29 is 9.84 Å². The van der Waals surface area contributed by atoms with E-state index in [4.69, 9.17) is 10.5 Å². The zero-order chi connectivity index (χ0) is 10.1. The normalized spacial score (nSPS) is 10.7. The minimum absolute atomic E-state index is 0.0944. The third-order valence-corrected chi connectivity index (χ3v) is 3.13. The monoisotopic (exact) mass is 209 g/mol. The van der Waals surface area contributed by atoms with Gasteiger partial charge in [-0.3, -0.25) is 0 Å². The van der Waals surface area contributed by atoms with Crippen molar-refractivity contribution in [1.29, 1.82) is 0 Å². The number of ether oxygens (including phenoxy) is 1. The van der Waals surface area contributed by atoms with Gasteiger partial charge in [0, 0.05) is 11.3 Å².